The Hall–Kier alpha value is -0.190. The van der Waals surface area contributed by atoms with Gasteiger partial charge in [0, 0.05) is 18.0 Å². The average Bonchev–Trinajstić information content (AvgIpc) is 2.66. The third kappa shape index (κ3) is 4.53. The van der Waals surface area contributed by atoms with Crippen molar-refractivity contribution in [3.63, 3.8) is 0 Å². The molecule has 1 saturated heterocycles. The molecule has 0 saturated carbocycles. The molecule has 0 bridgehead atoms. The summed E-state index contributed by atoms with van der Waals surface area (Å²) in [7, 11) is 4.34. The minimum absolute atomic E-state index is 0.00993. The second-order valence-electron chi connectivity index (χ2n) is 6.06. The van der Waals surface area contributed by atoms with Crippen molar-refractivity contribution in [1.29, 1.82) is 0 Å². The number of likely N-dealkylation sites (N-methyl/N-ethyl adjacent to an activating group) is 1. The molecule has 2 N–H and O–H groups in total. The standard InChI is InChI=1S/C13H27N3S/c1-13(2,12(14)17)7-5-8-16-9-6-11(10-16)15(3)4/h11H,5-10H2,1-4H3,(H2,14,17). The molecular weight excluding hydrogens is 230 g/mol. The van der Waals surface area contributed by atoms with Gasteiger partial charge in [0.15, 0.2) is 0 Å². The first kappa shape index (κ1) is 14.9. The lowest BCUT2D eigenvalue weighted by Crippen LogP contribution is -2.33. The van der Waals surface area contributed by atoms with E-state index in [9.17, 15) is 0 Å². The Labute approximate surface area is 111 Å². The van der Waals surface area contributed by atoms with Gasteiger partial charge in [-0.1, -0.05) is 26.1 Å². The summed E-state index contributed by atoms with van der Waals surface area (Å²) < 4.78 is 0. The normalized spacial score (nSPS) is 22.3. The summed E-state index contributed by atoms with van der Waals surface area (Å²) in [4.78, 5) is 5.53. The Bertz CT molecular complexity index is 263. The third-order valence-corrected chi connectivity index (χ3v) is 4.47. The van der Waals surface area contributed by atoms with Crippen LogP contribution in [0.15, 0.2) is 0 Å². The Morgan fingerprint density at radius 2 is 2.12 bits per heavy atom. The minimum Gasteiger partial charge on any atom is -0.393 e. The van der Waals surface area contributed by atoms with Crippen LogP contribution < -0.4 is 5.73 Å². The highest BCUT2D eigenvalue weighted by Crippen LogP contribution is 2.23. The number of hydrogen-bond acceptors (Lipinski definition) is 3. The predicted octanol–water partition coefficient (Wildman–Crippen LogP) is 1.71. The molecule has 17 heavy (non-hydrogen) atoms. The number of rotatable bonds is 6. The van der Waals surface area contributed by atoms with E-state index in [4.69, 9.17) is 18.0 Å². The molecule has 3 nitrogen and oxygen atoms in total. The van der Waals surface area contributed by atoms with Gasteiger partial charge in [-0.25, -0.2) is 0 Å². The highest BCUT2D eigenvalue weighted by atomic mass is 32.1. The van der Waals surface area contributed by atoms with Crippen LogP contribution in [0.25, 0.3) is 0 Å². The van der Waals surface area contributed by atoms with Gasteiger partial charge >= 0.3 is 0 Å². The minimum atomic E-state index is 0.00993. The van der Waals surface area contributed by atoms with Crippen molar-refractivity contribution >= 4 is 17.2 Å². The van der Waals surface area contributed by atoms with Crippen LogP contribution in [0.5, 0.6) is 0 Å². The summed E-state index contributed by atoms with van der Waals surface area (Å²) in [6.45, 7) is 7.90. The van der Waals surface area contributed by atoms with Crippen molar-refractivity contribution < 1.29 is 0 Å². The van der Waals surface area contributed by atoms with Gasteiger partial charge in [0.2, 0.25) is 0 Å². The second kappa shape index (κ2) is 6.12. The Kier molecular flexibility index (Phi) is 5.35. The zero-order valence-electron chi connectivity index (χ0n) is 11.7. The van der Waals surface area contributed by atoms with E-state index in [2.05, 4.69) is 37.7 Å². The largest absolute Gasteiger partial charge is 0.393 e. The first-order valence-corrected chi connectivity index (χ1v) is 6.92. The maximum Gasteiger partial charge on any atom is 0.0784 e. The zero-order valence-corrected chi connectivity index (χ0v) is 12.5. The Morgan fingerprint density at radius 1 is 1.47 bits per heavy atom. The molecule has 1 heterocycles. The molecule has 100 valence electrons. The van der Waals surface area contributed by atoms with Gasteiger partial charge in [-0.3, -0.25) is 0 Å². The second-order valence-corrected chi connectivity index (χ2v) is 6.50. The fraction of sp³-hybridized carbons (Fsp3) is 0.923. The van der Waals surface area contributed by atoms with E-state index in [-0.39, 0.29) is 5.41 Å². The number of hydrogen-bond donors (Lipinski definition) is 1. The summed E-state index contributed by atoms with van der Waals surface area (Å²) in [6, 6.07) is 0.735. The molecule has 0 aromatic heterocycles. The first-order valence-electron chi connectivity index (χ1n) is 6.51. The highest BCUT2D eigenvalue weighted by molar-refractivity contribution is 7.80. The smallest absolute Gasteiger partial charge is 0.0784 e. The molecule has 1 fully saturated rings. The van der Waals surface area contributed by atoms with E-state index >= 15 is 0 Å². The van der Waals surface area contributed by atoms with E-state index < -0.39 is 0 Å². The molecule has 4 heteroatoms. The maximum absolute atomic E-state index is 5.74. The van der Waals surface area contributed by atoms with Crippen molar-refractivity contribution in [2.24, 2.45) is 11.1 Å². The summed E-state index contributed by atoms with van der Waals surface area (Å²) in [5, 5.41) is 0. The highest BCUT2D eigenvalue weighted by Gasteiger charge is 2.25. The van der Waals surface area contributed by atoms with E-state index in [0.717, 1.165) is 12.5 Å². The molecule has 0 radical (unpaired) electrons. The van der Waals surface area contributed by atoms with Crippen LogP contribution in [-0.2, 0) is 0 Å². The maximum atomic E-state index is 5.74. The SMILES string of the molecule is CN(C)C1CCN(CCCC(C)(C)C(N)=S)C1. The van der Waals surface area contributed by atoms with Crippen LogP contribution in [0.3, 0.4) is 0 Å². The van der Waals surface area contributed by atoms with Crippen molar-refractivity contribution in [3.05, 3.63) is 0 Å². The molecule has 1 aliphatic rings. The van der Waals surface area contributed by atoms with Crippen LogP contribution in [-0.4, -0.2) is 54.6 Å². The lowest BCUT2D eigenvalue weighted by Gasteiger charge is -2.25. The van der Waals surface area contributed by atoms with Gasteiger partial charge in [0.05, 0.1) is 4.99 Å². The summed E-state index contributed by atoms with van der Waals surface area (Å²) >= 11 is 5.09. The van der Waals surface area contributed by atoms with Crippen molar-refractivity contribution in [1.82, 2.24) is 9.80 Å². The molecule has 0 aromatic carbocycles. The number of nitrogens with zero attached hydrogens (tertiary/aromatic N) is 2. The van der Waals surface area contributed by atoms with Crippen LogP contribution in [0.2, 0.25) is 0 Å². The lowest BCUT2D eigenvalue weighted by molar-refractivity contribution is 0.260. The zero-order chi connectivity index (χ0) is 13.1. The van der Waals surface area contributed by atoms with Crippen LogP contribution in [0.4, 0.5) is 0 Å². The van der Waals surface area contributed by atoms with E-state index in [1.54, 1.807) is 0 Å². The topological polar surface area (TPSA) is 32.5 Å². The van der Waals surface area contributed by atoms with E-state index in [1.807, 2.05) is 0 Å². The molecule has 1 unspecified atom stereocenters. The number of likely N-dealkylation sites (tertiary alicyclic amines) is 1. The average molecular weight is 257 g/mol. The predicted molar refractivity (Wildman–Crippen MR) is 78.3 cm³/mol. The van der Waals surface area contributed by atoms with Crippen molar-refractivity contribution in [2.45, 2.75) is 39.2 Å². The molecule has 0 spiro atoms. The fourth-order valence-corrected chi connectivity index (χ4v) is 2.41. The molecule has 1 rings (SSSR count). The van der Waals surface area contributed by atoms with Crippen LogP contribution in [0.1, 0.15) is 33.1 Å². The number of thiocarbonyl (C=S) groups is 1. The lowest BCUT2D eigenvalue weighted by atomic mass is 9.88. The summed E-state index contributed by atoms with van der Waals surface area (Å²) in [5.74, 6) is 0. The summed E-state index contributed by atoms with van der Waals surface area (Å²) in [5.41, 5.74) is 5.75. The van der Waals surface area contributed by atoms with Gasteiger partial charge in [-0.05, 0) is 46.4 Å². The van der Waals surface area contributed by atoms with Gasteiger partial charge in [-0.15, -0.1) is 0 Å². The molecule has 0 aliphatic carbocycles. The van der Waals surface area contributed by atoms with Crippen LogP contribution in [0, 0.1) is 5.41 Å². The monoisotopic (exact) mass is 257 g/mol. The third-order valence-electron chi connectivity index (χ3n) is 3.92. The Balaban J connectivity index is 2.23. The molecular formula is C13H27N3S. The van der Waals surface area contributed by atoms with Crippen LogP contribution >= 0.6 is 12.2 Å². The van der Waals surface area contributed by atoms with E-state index in [0.29, 0.717) is 4.99 Å². The summed E-state index contributed by atoms with van der Waals surface area (Å²) in [6.07, 6.45) is 3.57. The van der Waals surface area contributed by atoms with Gasteiger partial charge < -0.3 is 15.5 Å². The van der Waals surface area contributed by atoms with Gasteiger partial charge in [0.25, 0.3) is 0 Å². The quantitative estimate of drug-likeness (QED) is 0.734. The number of nitrogens with two attached hydrogens (primary N) is 1. The fourth-order valence-electron chi connectivity index (χ4n) is 2.30. The molecule has 1 aliphatic heterocycles. The van der Waals surface area contributed by atoms with E-state index in [1.165, 1.54) is 32.5 Å². The Morgan fingerprint density at radius 3 is 2.59 bits per heavy atom. The molecule has 0 amide bonds. The van der Waals surface area contributed by atoms with Crippen molar-refractivity contribution in [3.8, 4) is 0 Å². The molecule has 0 aromatic rings. The van der Waals surface area contributed by atoms with Gasteiger partial charge in [0.1, 0.15) is 0 Å². The first-order chi connectivity index (χ1) is 7.83. The van der Waals surface area contributed by atoms with Gasteiger partial charge in [-0.2, -0.15) is 0 Å². The van der Waals surface area contributed by atoms with Crippen molar-refractivity contribution in [2.75, 3.05) is 33.7 Å². The molecule has 1 atom stereocenters.